The SMILES string of the molecule is O=C(O)c1snnc1-c1cccc([N+](=O)[O-])c1. The predicted octanol–water partition coefficient (Wildman–Crippen LogP) is 1.81. The van der Waals surface area contributed by atoms with Crippen molar-refractivity contribution in [2.75, 3.05) is 0 Å². The minimum atomic E-state index is -1.15. The van der Waals surface area contributed by atoms with E-state index in [2.05, 4.69) is 9.59 Å². The summed E-state index contributed by atoms with van der Waals surface area (Å²) in [5.74, 6) is -1.15. The highest BCUT2D eigenvalue weighted by molar-refractivity contribution is 7.08. The summed E-state index contributed by atoms with van der Waals surface area (Å²) in [5.41, 5.74) is 0.392. The zero-order valence-electron chi connectivity index (χ0n) is 8.23. The first-order chi connectivity index (χ1) is 8.09. The summed E-state index contributed by atoms with van der Waals surface area (Å²) in [6.07, 6.45) is 0. The molecule has 1 aromatic carbocycles. The van der Waals surface area contributed by atoms with E-state index in [0.29, 0.717) is 5.56 Å². The molecule has 0 amide bonds. The molecular formula is C9H5N3O4S. The van der Waals surface area contributed by atoms with Crippen molar-refractivity contribution in [1.29, 1.82) is 0 Å². The number of nitrogens with zero attached hydrogens (tertiary/aromatic N) is 3. The molecule has 8 heteroatoms. The number of nitro groups is 1. The number of hydrogen-bond acceptors (Lipinski definition) is 6. The van der Waals surface area contributed by atoms with E-state index >= 15 is 0 Å². The molecule has 0 saturated carbocycles. The van der Waals surface area contributed by atoms with Crippen molar-refractivity contribution >= 4 is 23.2 Å². The van der Waals surface area contributed by atoms with Crippen LogP contribution in [0, 0.1) is 10.1 Å². The minimum absolute atomic E-state index is 0.0366. The second-order valence-electron chi connectivity index (χ2n) is 3.06. The van der Waals surface area contributed by atoms with E-state index in [1.165, 1.54) is 18.2 Å². The first-order valence-corrected chi connectivity index (χ1v) is 5.17. The molecule has 0 aliphatic heterocycles. The third-order valence-corrected chi connectivity index (χ3v) is 2.73. The maximum atomic E-state index is 10.9. The van der Waals surface area contributed by atoms with Crippen LogP contribution in [0.15, 0.2) is 24.3 Å². The van der Waals surface area contributed by atoms with Crippen LogP contribution in [0.4, 0.5) is 5.69 Å². The molecule has 0 atom stereocenters. The van der Waals surface area contributed by atoms with Crippen molar-refractivity contribution in [3.8, 4) is 11.3 Å². The van der Waals surface area contributed by atoms with Gasteiger partial charge in [-0.3, -0.25) is 10.1 Å². The van der Waals surface area contributed by atoms with Gasteiger partial charge in [-0.25, -0.2) is 4.79 Å². The molecule has 0 bridgehead atoms. The molecule has 0 saturated heterocycles. The predicted molar refractivity (Wildman–Crippen MR) is 59.0 cm³/mol. The van der Waals surface area contributed by atoms with Crippen molar-refractivity contribution in [2.24, 2.45) is 0 Å². The fourth-order valence-electron chi connectivity index (χ4n) is 1.29. The lowest BCUT2D eigenvalue weighted by Crippen LogP contribution is -1.96. The first kappa shape index (κ1) is 11.1. The van der Waals surface area contributed by atoms with Crippen molar-refractivity contribution in [3.63, 3.8) is 0 Å². The second kappa shape index (κ2) is 4.26. The van der Waals surface area contributed by atoms with Gasteiger partial charge in [0.05, 0.1) is 4.92 Å². The quantitative estimate of drug-likeness (QED) is 0.658. The smallest absolute Gasteiger partial charge is 0.349 e. The standard InChI is InChI=1S/C9H5N3O4S/c13-9(14)8-7(10-11-17-8)5-2-1-3-6(4-5)12(15)16/h1-4H,(H,13,14). The zero-order chi connectivity index (χ0) is 12.4. The molecule has 1 N–H and O–H groups in total. The third kappa shape index (κ3) is 2.11. The van der Waals surface area contributed by atoms with E-state index < -0.39 is 10.9 Å². The summed E-state index contributed by atoms with van der Waals surface area (Å²) in [7, 11) is 0. The summed E-state index contributed by atoms with van der Waals surface area (Å²) >= 11 is 0.736. The van der Waals surface area contributed by atoms with Gasteiger partial charge in [-0.2, -0.15) is 0 Å². The molecule has 0 aliphatic rings. The Bertz CT molecular complexity index is 595. The number of aromatic carboxylic acids is 1. The molecule has 1 heterocycles. The Morgan fingerprint density at radius 3 is 2.88 bits per heavy atom. The van der Waals surface area contributed by atoms with E-state index in [4.69, 9.17) is 5.11 Å². The van der Waals surface area contributed by atoms with Crippen LogP contribution in [-0.4, -0.2) is 25.6 Å². The second-order valence-corrected chi connectivity index (χ2v) is 3.82. The zero-order valence-corrected chi connectivity index (χ0v) is 9.05. The highest BCUT2D eigenvalue weighted by atomic mass is 32.1. The van der Waals surface area contributed by atoms with Crippen LogP contribution in [0.25, 0.3) is 11.3 Å². The molecular weight excluding hydrogens is 246 g/mol. The topological polar surface area (TPSA) is 106 Å². The van der Waals surface area contributed by atoms with Crippen molar-refractivity contribution < 1.29 is 14.8 Å². The summed E-state index contributed by atoms with van der Waals surface area (Å²) in [5, 5.41) is 23.2. The van der Waals surface area contributed by atoms with Gasteiger partial charge in [0.1, 0.15) is 5.69 Å². The molecule has 1 aromatic heterocycles. The number of carboxylic acid groups (broad SMARTS) is 1. The molecule has 2 rings (SSSR count). The summed E-state index contributed by atoms with van der Waals surface area (Å²) in [4.78, 5) is 20.9. The number of aromatic nitrogens is 2. The Labute approximate surface area is 98.7 Å². The van der Waals surface area contributed by atoms with Gasteiger partial charge in [0, 0.05) is 17.7 Å². The molecule has 0 aliphatic carbocycles. The number of benzene rings is 1. The Hall–Kier alpha value is -2.35. The fourth-order valence-corrected chi connectivity index (χ4v) is 1.81. The van der Waals surface area contributed by atoms with E-state index in [0.717, 1.165) is 11.5 Å². The highest BCUT2D eigenvalue weighted by Crippen LogP contribution is 2.26. The molecule has 0 unspecified atom stereocenters. The highest BCUT2D eigenvalue weighted by Gasteiger charge is 2.18. The number of hydrogen-bond donors (Lipinski definition) is 1. The van der Waals surface area contributed by atoms with Crippen LogP contribution in [0.1, 0.15) is 9.67 Å². The number of non-ortho nitro benzene ring substituents is 1. The summed E-state index contributed by atoms with van der Waals surface area (Å²) < 4.78 is 3.54. The fraction of sp³-hybridized carbons (Fsp3) is 0. The van der Waals surface area contributed by atoms with Gasteiger partial charge in [0.15, 0.2) is 4.88 Å². The maximum absolute atomic E-state index is 10.9. The molecule has 0 fully saturated rings. The van der Waals surface area contributed by atoms with E-state index in [1.54, 1.807) is 6.07 Å². The van der Waals surface area contributed by atoms with Crippen molar-refractivity contribution in [2.45, 2.75) is 0 Å². The normalized spacial score (nSPS) is 10.1. The molecule has 2 aromatic rings. The number of rotatable bonds is 3. The number of carboxylic acids is 1. The Morgan fingerprint density at radius 1 is 1.47 bits per heavy atom. The van der Waals surface area contributed by atoms with Gasteiger partial charge in [-0.15, -0.1) is 5.10 Å². The van der Waals surface area contributed by atoms with Crippen LogP contribution in [0.3, 0.4) is 0 Å². The van der Waals surface area contributed by atoms with E-state index in [9.17, 15) is 14.9 Å². The Kier molecular flexibility index (Phi) is 2.79. The first-order valence-electron chi connectivity index (χ1n) is 4.40. The molecule has 0 spiro atoms. The van der Waals surface area contributed by atoms with Crippen LogP contribution < -0.4 is 0 Å². The van der Waals surface area contributed by atoms with Gasteiger partial charge in [0.2, 0.25) is 0 Å². The van der Waals surface area contributed by atoms with Gasteiger partial charge < -0.3 is 5.11 Å². The maximum Gasteiger partial charge on any atom is 0.349 e. The summed E-state index contributed by atoms with van der Waals surface area (Å²) in [6, 6.07) is 5.61. The van der Waals surface area contributed by atoms with Crippen molar-refractivity contribution in [3.05, 3.63) is 39.3 Å². The Balaban J connectivity index is 2.53. The van der Waals surface area contributed by atoms with Crippen molar-refractivity contribution in [1.82, 2.24) is 9.59 Å². The average Bonchev–Trinajstić information content (AvgIpc) is 2.78. The lowest BCUT2D eigenvalue weighted by Gasteiger charge is -1.97. The van der Waals surface area contributed by atoms with Crippen LogP contribution in [0.5, 0.6) is 0 Å². The van der Waals surface area contributed by atoms with E-state index in [-0.39, 0.29) is 16.3 Å². The molecule has 7 nitrogen and oxygen atoms in total. The van der Waals surface area contributed by atoms with Crippen LogP contribution in [-0.2, 0) is 0 Å². The van der Waals surface area contributed by atoms with Gasteiger partial charge >= 0.3 is 5.97 Å². The van der Waals surface area contributed by atoms with Crippen LogP contribution >= 0.6 is 11.5 Å². The summed E-state index contributed by atoms with van der Waals surface area (Å²) in [6.45, 7) is 0. The molecule has 86 valence electrons. The van der Waals surface area contributed by atoms with Gasteiger partial charge in [-0.05, 0) is 11.5 Å². The average molecular weight is 251 g/mol. The molecule has 0 radical (unpaired) electrons. The van der Waals surface area contributed by atoms with E-state index in [1.807, 2.05) is 0 Å². The largest absolute Gasteiger partial charge is 0.477 e. The number of nitro benzene ring substituents is 1. The van der Waals surface area contributed by atoms with Gasteiger partial charge in [0.25, 0.3) is 5.69 Å². The lowest BCUT2D eigenvalue weighted by atomic mass is 10.1. The van der Waals surface area contributed by atoms with Gasteiger partial charge in [-0.1, -0.05) is 16.6 Å². The van der Waals surface area contributed by atoms with Crippen LogP contribution in [0.2, 0.25) is 0 Å². The third-order valence-electron chi connectivity index (χ3n) is 2.01. The monoisotopic (exact) mass is 251 g/mol. The minimum Gasteiger partial charge on any atom is -0.477 e. The Morgan fingerprint density at radius 2 is 2.24 bits per heavy atom. The molecule has 17 heavy (non-hydrogen) atoms. The lowest BCUT2D eigenvalue weighted by molar-refractivity contribution is -0.384. The number of carbonyl (C=O) groups is 1.